The van der Waals surface area contributed by atoms with Crippen LogP contribution in [0.3, 0.4) is 0 Å². The third-order valence-electron chi connectivity index (χ3n) is 3.29. The summed E-state index contributed by atoms with van der Waals surface area (Å²) in [5, 5.41) is 8.78. The molecule has 0 bridgehead atoms. The summed E-state index contributed by atoms with van der Waals surface area (Å²) in [6.45, 7) is 2.89. The predicted octanol–water partition coefficient (Wildman–Crippen LogP) is -0.850. The van der Waals surface area contributed by atoms with E-state index < -0.39 is 0 Å². The maximum absolute atomic E-state index is 11.8. The lowest BCUT2D eigenvalue weighted by atomic mass is 10.1. The van der Waals surface area contributed by atoms with Gasteiger partial charge in [0.15, 0.2) is 0 Å². The van der Waals surface area contributed by atoms with E-state index in [1.807, 2.05) is 0 Å². The largest absolute Gasteiger partial charge is 0.375 e. The van der Waals surface area contributed by atoms with E-state index in [0.717, 1.165) is 25.8 Å². The third-order valence-corrected chi connectivity index (χ3v) is 3.29. The summed E-state index contributed by atoms with van der Waals surface area (Å²) < 4.78 is 5.47. The molecule has 2 fully saturated rings. The van der Waals surface area contributed by atoms with E-state index in [1.54, 1.807) is 0 Å². The van der Waals surface area contributed by atoms with Gasteiger partial charge in [0.05, 0.1) is 19.1 Å². The van der Waals surface area contributed by atoms with E-state index >= 15 is 0 Å². The topological polar surface area (TPSA) is 79.5 Å². The zero-order valence-electron chi connectivity index (χ0n) is 10.5. The molecular weight excluding hydrogens is 234 g/mol. The quantitative estimate of drug-likeness (QED) is 0.614. The van der Waals surface area contributed by atoms with Gasteiger partial charge in [-0.1, -0.05) is 0 Å². The van der Waals surface area contributed by atoms with Crippen molar-refractivity contribution >= 4 is 11.8 Å². The van der Waals surface area contributed by atoms with Crippen molar-refractivity contribution in [3.8, 4) is 0 Å². The van der Waals surface area contributed by atoms with Gasteiger partial charge in [-0.05, 0) is 19.3 Å². The highest BCUT2D eigenvalue weighted by Crippen LogP contribution is 2.07. The van der Waals surface area contributed by atoms with E-state index in [-0.39, 0.29) is 24.0 Å². The molecule has 3 N–H and O–H groups in total. The second kappa shape index (κ2) is 6.70. The summed E-state index contributed by atoms with van der Waals surface area (Å²) in [4.78, 5) is 23.5. The lowest BCUT2D eigenvalue weighted by Gasteiger charge is -2.24. The van der Waals surface area contributed by atoms with Gasteiger partial charge in [-0.2, -0.15) is 0 Å². The number of hydrogen-bond donors (Lipinski definition) is 3. The third kappa shape index (κ3) is 3.96. The molecular formula is C12H21N3O3. The first-order chi connectivity index (χ1) is 8.75. The standard InChI is InChI=1S/C12H21N3O3/c16-11(7-9-8-13-5-6-18-9)15-10-3-1-2-4-14-12(10)17/h9-10,13H,1-8H2,(H,14,17)(H,15,16). The number of morpholine rings is 1. The van der Waals surface area contributed by atoms with Crippen molar-refractivity contribution in [2.45, 2.75) is 37.8 Å². The van der Waals surface area contributed by atoms with Gasteiger partial charge >= 0.3 is 0 Å². The second-order valence-corrected chi connectivity index (χ2v) is 4.81. The van der Waals surface area contributed by atoms with Gasteiger partial charge < -0.3 is 20.7 Å². The van der Waals surface area contributed by atoms with Crippen LogP contribution < -0.4 is 16.0 Å². The highest BCUT2D eigenvalue weighted by molar-refractivity contribution is 5.87. The first-order valence-corrected chi connectivity index (χ1v) is 6.65. The number of rotatable bonds is 3. The number of carbonyl (C=O) groups is 2. The van der Waals surface area contributed by atoms with E-state index in [9.17, 15) is 9.59 Å². The summed E-state index contributed by atoms with van der Waals surface area (Å²) in [5.74, 6) is -0.172. The van der Waals surface area contributed by atoms with E-state index in [4.69, 9.17) is 4.74 Å². The van der Waals surface area contributed by atoms with Gasteiger partial charge in [-0.15, -0.1) is 0 Å². The molecule has 0 aromatic carbocycles. The van der Waals surface area contributed by atoms with Crippen LogP contribution in [-0.2, 0) is 14.3 Å². The molecule has 2 rings (SSSR count). The van der Waals surface area contributed by atoms with Crippen LogP contribution in [0.4, 0.5) is 0 Å². The fourth-order valence-electron chi connectivity index (χ4n) is 2.29. The molecule has 102 valence electrons. The molecule has 0 aromatic heterocycles. The van der Waals surface area contributed by atoms with Gasteiger partial charge in [0.2, 0.25) is 11.8 Å². The number of ether oxygens (including phenoxy) is 1. The molecule has 2 unspecified atom stereocenters. The predicted molar refractivity (Wildman–Crippen MR) is 66.0 cm³/mol. The van der Waals surface area contributed by atoms with Crippen molar-refractivity contribution in [2.24, 2.45) is 0 Å². The average molecular weight is 255 g/mol. The molecule has 2 heterocycles. The van der Waals surface area contributed by atoms with Crippen LogP contribution in [0.1, 0.15) is 25.7 Å². The highest BCUT2D eigenvalue weighted by atomic mass is 16.5. The zero-order valence-corrected chi connectivity index (χ0v) is 10.5. The zero-order chi connectivity index (χ0) is 12.8. The van der Waals surface area contributed by atoms with Crippen molar-refractivity contribution in [2.75, 3.05) is 26.2 Å². The van der Waals surface area contributed by atoms with Crippen molar-refractivity contribution in [3.63, 3.8) is 0 Å². The average Bonchev–Trinajstić information content (AvgIpc) is 2.56. The van der Waals surface area contributed by atoms with E-state index in [0.29, 0.717) is 26.1 Å². The number of hydrogen-bond acceptors (Lipinski definition) is 4. The number of amides is 2. The molecule has 0 saturated carbocycles. The van der Waals surface area contributed by atoms with Crippen LogP contribution in [0.2, 0.25) is 0 Å². The minimum atomic E-state index is -0.378. The first kappa shape index (κ1) is 13.3. The molecule has 0 radical (unpaired) electrons. The fraction of sp³-hybridized carbons (Fsp3) is 0.833. The van der Waals surface area contributed by atoms with E-state index in [2.05, 4.69) is 16.0 Å². The molecule has 0 spiro atoms. The maximum Gasteiger partial charge on any atom is 0.242 e. The Bertz CT molecular complexity index is 303. The van der Waals surface area contributed by atoms with Crippen molar-refractivity contribution in [1.29, 1.82) is 0 Å². The molecule has 18 heavy (non-hydrogen) atoms. The van der Waals surface area contributed by atoms with Crippen LogP contribution in [-0.4, -0.2) is 50.2 Å². The lowest BCUT2D eigenvalue weighted by Crippen LogP contribution is -2.47. The Morgan fingerprint density at radius 3 is 3.06 bits per heavy atom. The normalized spacial score (nSPS) is 29.2. The Morgan fingerprint density at radius 1 is 1.39 bits per heavy atom. The fourth-order valence-corrected chi connectivity index (χ4v) is 2.29. The van der Waals surface area contributed by atoms with Crippen molar-refractivity contribution in [1.82, 2.24) is 16.0 Å². The van der Waals surface area contributed by atoms with Crippen LogP contribution in [0.25, 0.3) is 0 Å². The highest BCUT2D eigenvalue weighted by Gasteiger charge is 2.24. The number of nitrogens with one attached hydrogen (secondary N) is 3. The van der Waals surface area contributed by atoms with Crippen LogP contribution in [0.15, 0.2) is 0 Å². The monoisotopic (exact) mass is 255 g/mol. The smallest absolute Gasteiger partial charge is 0.242 e. The van der Waals surface area contributed by atoms with Crippen molar-refractivity contribution < 1.29 is 14.3 Å². The van der Waals surface area contributed by atoms with Gasteiger partial charge in [-0.3, -0.25) is 9.59 Å². The van der Waals surface area contributed by atoms with Gasteiger partial charge in [0.25, 0.3) is 0 Å². The minimum absolute atomic E-state index is 0.0662. The van der Waals surface area contributed by atoms with Crippen LogP contribution >= 0.6 is 0 Å². The summed E-state index contributed by atoms with van der Waals surface area (Å²) in [5.41, 5.74) is 0. The Labute approximate surface area is 107 Å². The summed E-state index contributed by atoms with van der Waals surface area (Å²) in [6, 6.07) is -0.378. The Kier molecular flexibility index (Phi) is 4.95. The molecule has 2 atom stereocenters. The summed E-state index contributed by atoms with van der Waals surface area (Å²) in [7, 11) is 0. The molecule has 2 amide bonds. The Hall–Kier alpha value is -1.14. The molecule has 6 nitrogen and oxygen atoms in total. The number of carbonyl (C=O) groups excluding carboxylic acids is 2. The Balaban J connectivity index is 1.76. The summed E-state index contributed by atoms with van der Waals surface area (Å²) >= 11 is 0. The molecule has 0 aliphatic carbocycles. The lowest BCUT2D eigenvalue weighted by molar-refractivity contribution is -0.130. The molecule has 2 aliphatic rings. The van der Waals surface area contributed by atoms with Crippen molar-refractivity contribution in [3.05, 3.63) is 0 Å². The second-order valence-electron chi connectivity index (χ2n) is 4.81. The first-order valence-electron chi connectivity index (χ1n) is 6.65. The van der Waals surface area contributed by atoms with Gasteiger partial charge in [0.1, 0.15) is 6.04 Å². The molecule has 6 heteroatoms. The molecule has 2 saturated heterocycles. The molecule has 0 aromatic rings. The SMILES string of the molecule is O=C(CC1CNCCO1)NC1CCCCNC1=O. The Morgan fingerprint density at radius 2 is 2.28 bits per heavy atom. The summed E-state index contributed by atoms with van der Waals surface area (Å²) in [6.07, 6.45) is 2.91. The van der Waals surface area contributed by atoms with Gasteiger partial charge in [0, 0.05) is 19.6 Å². The molecule has 2 aliphatic heterocycles. The van der Waals surface area contributed by atoms with Crippen LogP contribution in [0, 0.1) is 0 Å². The van der Waals surface area contributed by atoms with Crippen LogP contribution in [0.5, 0.6) is 0 Å². The van der Waals surface area contributed by atoms with E-state index in [1.165, 1.54) is 0 Å². The minimum Gasteiger partial charge on any atom is -0.375 e. The maximum atomic E-state index is 11.8. The van der Waals surface area contributed by atoms with Gasteiger partial charge in [-0.25, -0.2) is 0 Å².